The Balaban J connectivity index is 0.000000256. The number of carbonyl (C=O) groups is 2. The average Bonchev–Trinajstić information content (AvgIpc) is 3.88. The molecule has 1 radical (unpaired) electrons. The number of anilines is 3. The van der Waals surface area contributed by atoms with Crippen molar-refractivity contribution in [3.63, 3.8) is 0 Å². The number of methoxy groups -OCH3 is 6. The van der Waals surface area contributed by atoms with Gasteiger partial charge in [0, 0.05) is 108 Å². The maximum Gasteiger partial charge on any atom is 0.255 e. The number of nitrogens with zero attached hydrogens (tertiary/aromatic N) is 4. The molecular formula is C38H41AcN10O8S2-. The quantitative estimate of drug-likeness (QED) is 0.0612. The Morgan fingerprint density at radius 1 is 0.627 bits per heavy atom. The van der Waals surface area contributed by atoms with Gasteiger partial charge in [-0.25, -0.2) is 10.2 Å². The van der Waals surface area contributed by atoms with Gasteiger partial charge in [0.2, 0.25) is 22.6 Å². The summed E-state index contributed by atoms with van der Waals surface area (Å²) in [6.45, 7) is 0. The molecule has 307 valence electrons. The molecule has 0 aliphatic heterocycles. The molecule has 2 heterocycles. The summed E-state index contributed by atoms with van der Waals surface area (Å²) in [5, 5.41) is 19.7. The Kier molecular flexibility index (Phi) is 17.8. The second kappa shape index (κ2) is 22.7. The largest absolute Gasteiger partial charge is 0.493 e. The molecule has 21 heteroatoms. The number of rotatable bonds is 16. The van der Waals surface area contributed by atoms with Gasteiger partial charge in [-0.1, -0.05) is 47.8 Å². The van der Waals surface area contributed by atoms with Crippen LogP contribution >= 0.6 is 23.5 Å². The third-order valence-electron chi connectivity index (χ3n) is 7.91. The smallest absolute Gasteiger partial charge is 0.255 e. The number of hydrogen-bond acceptors (Lipinski definition) is 15. The van der Waals surface area contributed by atoms with Gasteiger partial charge in [0.25, 0.3) is 11.8 Å². The van der Waals surface area contributed by atoms with E-state index in [2.05, 4.69) is 41.0 Å². The Hall–Kier alpha value is -5.36. The zero-order valence-electron chi connectivity index (χ0n) is 32.9. The van der Waals surface area contributed by atoms with Crippen LogP contribution in [0.3, 0.4) is 0 Å². The van der Waals surface area contributed by atoms with Gasteiger partial charge in [0.15, 0.2) is 23.0 Å². The molecule has 59 heavy (non-hydrogen) atoms. The molecule has 0 atom stereocenters. The van der Waals surface area contributed by atoms with Crippen LogP contribution in [0.2, 0.25) is 0 Å². The number of benzene rings is 4. The summed E-state index contributed by atoms with van der Waals surface area (Å²) in [4.78, 5) is 33.4. The second-order valence-corrected chi connectivity index (χ2v) is 13.6. The van der Waals surface area contributed by atoms with E-state index < -0.39 is 0 Å². The van der Waals surface area contributed by atoms with Crippen LogP contribution in [0.25, 0.3) is 5.73 Å². The summed E-state index contributed by atoms with van der Waals surface area (Å²) in [6.07, 6.45) is 0. The minimum Gasteiger partial charge on any atom is -0.493 e. The minimum atomic E-state index is -0.266. The van der Waals surface area contributed by atoms with Crippen LogP contribution in [-0.4, -0.2) is 84.8 Å². The number of carbonyl (C=O) groups excluding carboxylic acids is 2. The Morgan fingerprint density at radius 3 is 1.37 bits per heavy atom. The van der Waals surface area contributed by atoms with Crippen molar-refractivity contribution in [1.29, 1.82) is 0 Å². The molecule has 4 aromatic carbocycles. The zero-order valence-corrected chi connectivity index (χ0v) is 39.2. The molecule has 0 aliphatic rings. The number of ether oxygens (including phenoxy) is 6. The Labute approximate surface area is 384 Å². The van der Waals surface area contributed by atoms with Gasteiger partial charge >= 0.3 is 0 Å². The number of H-pyrrole nitrogens is 2. The van der Waals surface area contributed by atoms with E-state index in [1.165, 1.54) is 66.2 Å². The summed E-state index contributed by atoms with van der Waals surface area (Å²) in [5.74, 6) is 3.67. The fourth-order valence-corrected chi connectivity index (χ4v) is 6.74. The fourth-order valence-electron chi connectivity index (χ4n) is 5.25. The molecule has 0 unspecified atom stereocenters. The molecule has 7 N–H and O–H groups in total. The van der Waals surface area contributed by atoms with E-state index in [1.807, 2.05) is 30.3 Å². The SMILES string of the molecule is COc1cc(NC(=O)c2cccc(CSc3n[nH]c(N)n3)c2)cc(OC)c1OC.COc1cc(NC(=O)c2cccc(CSc3n[nH]c([NH-])n3)c2)cc(OC)c1OC.[Ac]. The van der Waals surface area contributed by atoms with Crippen molar-refractivity contribution in [3.8, 4) is 34.5 Å². The van der Waals surface area contributed by atoms with Crippen LogP contribution in [-0.2, 0) is 11.5 Å². The van der Waals surface area contributed by atoms with Crippen molar-refractivity contribution in [1.82, 2.24) is 30.4 Å². The van der Waals surface area contributed by atoms with Crippen LogP contribution in [0, 0.1) is 44.1 Å². The third kappa shape index (κ3) is 12.8. The standard InChI is InChI=1S/2C19H21N5O4S.Ac/c2*1-26-14-8-13(9-15(27-2)16(14)28-3)21-17(25)12-6-4-5-11(7-12)10-29-19-22-18(20)23-24-19;/h4-9H,10H2,1-3H3,(H,21,25)(H3,20,22,23,24);4-9H,10H2,1-3H3,(H4,20,21,22,23,24,25);/p-1. The monoisotopic (exact) mass is 1060 g/mol. The van der Waals surface area contributed by atoms with E-state index in [4.69, 9.17) is 39.9 Å². The molecular weight excluding hydrogens is 1020 g/mol. The van der Waals surface area contributed by atoms with Crippen LogP contribution in [0.15, 0.2) is 83.1 Å². The number of aromatic nitrogens is 6. The summed E-state index contributed by atoms with van der Waals surface area (Å²) in [7, 11) is 9.11. The van der Waals surface area contributed by atoms with Crippen LogP contribution < -0.4 is 44.8 Å². The van der Waals surface area contributed by atoms with Gasteiger partial charge in [-0.2, -0.15) is 4.98 Å². The predicted octanol–water partition coefficient (Wildman–Crippen LogP) is 7.02. The first-order valence-electron chi connectivity index (χ1n) is 17.1. The molecule has 0 spiro atoms. The van der Waals surface area contributed by atoms with Gasteiger partial charge in [0.05, 0.1) is 42.7 Å². The first-order chi connectivity index (χ1) is 28.1. The number of nitrogens with two attached hydrogens (primary N) is 1. The van der Waals surface area contributed by atoms with E-state index in [1.54, 1.807) is 42.5 Å². The molecule has 0 aliphatic carbocycles. The fraction of sp³-hybridized carbons (Fsp3) is 0.211. The molecule has 0 fully saturated rings. The van der Waals surface area contributed by atoms with Gasteiger partial charge in [-0.05, 0) is 35.4 Å². The normalized spacial score (nSPS) is 10.3. The molecule has 18 nitrogen and oxygen atoms in total. The van der Waals surface area contributed by atoms with Crippen molar-refractivity contribution in [2.75, 3.05) is 59.0 Å². The summed E-state index contributed by atoms with van der Waals surface area (Å²) < 4.78 is 31.9. The molecule has 6 aromatic rings. The average molecular weight is 1060 g/mol. The number of nitrogen functional groups attached to an aromatic ring is 1. The number of thioether (sulfide) groups is 2. The van der Waals surface area contributed by atoms with Gasteiger partial charge in [0.1, 0.15) is 5.16 Å². The van der Waals surface area contributed by atoms with E-state index in [-0.39, 0.29) is 67.8 Å². The van der Waals surface area contributed by atoms with Gasteiger partial charge in [-0.15, -0.1) is 5.10 Å². The molecule has 6 rings (SSSR count). The second-order valence-electron chi connectivity index (χ2n) is 11.7. The molecule has 0 bridgehead atoms. The number of hydrogen-bond donors (Lipinski definition) is 5. The summed E-state index contributed by atoms with van der Waals surface area (Å²) in [6, 6.07) is 21.3. The van der Waals surface area contributed by atoms with E-state index >= 15 is 0 Å². The summed E-state index contributed by atoms with van der Waals surface area (Å²) >= 11 is 2.80. The number of aromatic amines is 2. The van der Waals surface area contributed by atoms with Crippen LogP contribution in [0.4, 0.5) is 23.3 Å². The number of amides is 2. The van der Waals surface area contributed by atoms with Crippen molar-refractivity contribution in [2.45, 2.75) is 21.8 Å². The van der Waals surface area contributed by atoms with Gasteiger partial charge < -0.3 is 60.6 Å². The summed E-state index contributed by atoms with van der Waals surface area (Å²) in [5.41, 5.74) is 16.8. The molecule has 2 aromatic heterocycles. The Bertz CT molecular complexity index is 2130. The van der Waals surface area contributed by atoms with Crippen molar-refractivity contribution >= 4 is 58.6 Å². The molecule has 2 amide bonds. The van der Waals surface area contributed by atoms with Crippen LogP contribution in [0.5, 0.6) is 34.5 Å². The minimum absolute atomic E-state index is 0. The number of nitrogens with one attached hydrogen (secondary N) is 5. The first-order valence-corrected chi connectivity index (χ1v) is 19.0. The first kappa shape index (κ1) is 46.3. The zero-order chi connectivity index (χ0) is 41.6. The Morgan fingerprint density at radius 2 is 1.03 bits per heavy atom. The van der Waals surface area contributed by atoms with Crippen molar-refractivity contribution in [3.05, 3.63) is 101 Å². The maximum absolute atomic E-state index is 12.7. The predicted molar refractivity (Wildman–Crippen MR) is 221 cm³/mol. The van der Waals surface area contributed by atoms with E-state index in [0.29, 0.717) is 78.8 Å². The van der Waals surface area contributed by atoms with E-state index in [0.717, 1.165) is 11.1 Å². The van der Waals surface area contributed by atoms with Crippen LogP contribution in [0.1, 0.15) is 31.8 Å². The molecule has 0 saturated carbocycles. The molecule has 0 saturated heterocycles. The topological polar surface area (TPSA) is 247 Å². The third-order valence-corrected chi connectivity index (χ3v) is 9.74. The van der Waals surface area contributed by atoms with E-state index in [9.17, 15) is 9.59 Å². The van der Waals surface area contributed by atoms with Crippen molar-refractivity contribution < 1.29 is 82.1 Å². The van der Waals surface area contributed by atoms with Crippen molar-refractivity contribution in [2.24, 2.45) is 0 Å². The van der Waals surface area contributed by atoms with Gasteiger partial charge in [-0.3, -0.25) is 9.59 Å². The maximum atomic E-state index is 12.7.